The molecule has 0 aromatic heterocycles. The Balaban J connectivity index is 2.28. The zero-order valence-corrected chi connectivity index (χ0v) is 12.0. The van der Waals surface area contributed by atoms with Gasteiger partial charge in [0.2, 0.25) is 15.9 Å². The van der Waals surface area contributed by atoms with E-state index in [1.165, 1.54) is 0 Å². The highest BCUT2D eigenvalue weighted by molar-refractivity contribution is 7.92. The van der Waals surface area contributed by atoms with E-state index in [1.54, 1.807) is 29.2 Å². The second-order valence-corrected chi connectivity index (χ2v) is 6.36. The summed E-state index contributed by atoms with van der Waals surface area (Å²) in [5.74, 6) is -0.209. The second kappa shape index (κ2) is 6.19. The van der Waals surface area contributed by atoms with Crippen molar-refractivity contribution >= 4 is 15.9 Å². The van der Waals surface area contributed by atoms with Crippen molar-refractivity contribution in [3.63, 3.8) is 0 Å². The summed E-state index contributed by atoms with van der Waals surface area (Å²) in [5.41, 5.74) is 0.634. The van der Waals surface area contributed by atoms with Crippen LogP contribution in [-0.2, 0) is 14.8 Å². The van der Waals surface area contributed by atoms with Crippen LogP contribution in [0.15, 0.2) is 42.3 Å². The van der Waals surface area contributed by atoms with Gasteiger partial charge in [0.1, 0.15) is 6.04 Å². The largest absolute Gasteiger partial charge is 0.341 e. The second-order valence-electron chi connectivity index (χ2n) is 4.71. The van der Waals surface area contributed by atoms with E-state index >= 15 is 0 Å². The van der Waals surface area contributed by atoms with Crippen LogP contribution in [0.1, 0.15) is 24.4 Å². The first-order chi connectivity index (χ1) is 9.53. The number of hydrogen-bond acceptors (Lipinski definition) is 3. The predicted octanol–water partition coefficient (Wildman–Crippen LogP) is 1.41. The Labute approximate surface area is 119 Å². The smallest absolute Gasteiger partial charge is 0.245 e. The molecular formula is C14H18N2O3S. The summed E-state index contributed by atoms with van der Waals surface area (Å²) >= 11 is 0. The maximum atomic E-state index is 12.5. The Hall–Kier alpha value is -1.66. The van der Waals surface area contributed by atoms with Crippen molar-refractivity contribution < 1.29 is 13.2 Å². The molecule has 1 amide bonds. The standard InChI is InChI=1S/C14H18N2O3S/c1-2-20(18,19)15-13(12-8-4-3-5-9-12)14(17)16-10-6-7-11-16/h2-5,8-9,13,15H,1,6-7,10-11H2. The lowest BCUT2D eigenvalue weighted by atomic mass is 10.1. The highest BCUT2D eigenvalue weighted by atomic mass is 32.2. The predicted molar refractivity (Wildman–Crippen MR) is 77.2 cm³/mol. The van der Waals surface area contributed by atoms with Crippen LogP contribution in [0.3, 0.4) is 0 Å². The van der Waals surface area contributed by atoms with Gasteiger partial charge in [-0.25, -0.2) is 8.42 Å². The molecule has 108 valence electrons. The fourth-order valence-corrected chi connectivity index (χ4v) is 2.90. The van der Waals surface area contributed by atoms with Crippen LogP contribution in [0.25, 0.3) is 0 Å². The van der Waals surface area contributed by atoms with Gasteiger partial charge in [-0.2, -0.15) is 4.72 Å². The lowest BCUT2D eigenvalue weighted by Crippen LogP contribution is -2.41. The SMILES string of the molecule is C=CS(=O)(=O)NC(C(=O)N1CCCC1)c1ccccc1. The van der Waals surface area contributed by atoms with Crippen LogP contribution in [0.4, 0.5) is 0 Å². The molecule has 0 radical (unpaired) electrons. The Kier molecular flexibility index (Phi) is 4.57. The molecule has 1 aromatic carbocycles. The third kappa shape index (κ3) is 3.46. The number of nitrogens with one attached hydrogen (secondary N) is 1. The van der Waals surface area contributed by atoms with E-state index in [2.05, 4.69) is 11.3 Å². The van der Waals surface area contributed by atoms with Crippen LogP contribution in [0.5, 0.6) is 0 Å². The van der Waals surface area contributed by atoms with Crippen molar-refractivity contribution in [1.82, 2.24) is 9.62 Å². The summed E-state index contributed by atoms with van der Waals surface area (Å²) in [5, 5.41) is 0.820. The van der Waals surface area contributed by atoms with Crippen molar-refractivity contribution in [3.8, 4) is 0 Å². The van der Waals surface area contributed by atoms with E-state index < -0.39 is 16.1 Å². The zero-order valence-electron chi connectivity index (χ0n) is 11.2. The van der Waals surface area contributed by atoms with E-state index in [0.717, 1.165) is 18.2 Å². The van der Waals surface area contributed by atoms with Crippen molar-refractivity contribution in [3.05, 3.63) is 47.9 Å². The maximum Gasteiger partial charge on any atom is 0.245 e. The van der Waals surface area contributed by atoms with Crippen molar-refractivity contribution in [2.24, 2.45) is 0 Å². The summed E-state index contributed by atoms with van der Waals surface area (Å²) in [7, 11) is -3.68. The number of carbonyl (C=O) groups is 1. The van der Waals surface area contributed by atoms with Crippen LogP contribution < -0.4 is 4.72 Å². The van der Waals surface area contributed by atoms with Gasteiger partial charge in [0.15, 0.2) is 0 Å². The van der Waals surface area contributed by atoms with Gasteiger partial charge in [0, 0.05) is 18.5 Å². The van der Waals surface area contributed by atoms with E-state index in [9.17, 15) is 13.2 Å². The molecule has 20 heavy (non-hydrogen) atoms. The summed E-state index contributed by atoms with van der Waals surface area (Å²) in [6.45, 7) is 4.62. The minimum absolute atomic E-state index is 0.209. The molecule has 1 N–H and O–H groups in total. The molecule has 0 aliphatic carbocycles. The van der Waals surface area contributed by atoms with E-state index in [4.69, 9.17) is 0 Å². The molecule has 0 bridgehead atoms. The van der Waals surface area contributed by atoms with Gasteiger partial charge in [-0.1, -0.05) is 36.9 Å². The molecule has 1 heterocycles. The fourth-order valence-electron chi connectivity index (χ4n) is 2.24. The quantitative estimate of drug-likeness (QED) is 0.893. The summed E-state index contributed by atoms with van der Waals surface area (Å²) in [4.78, 5) is 14.2. The number of benzene rings is 1. The molecule has 1 aromatic rings. The summed E-state index contributed by atoms with van der Waals surface area (Å²) in [6.07, 6.45) is 1.92. The number of nitrogens with zero attached hydrogens (tertiary/aromatic N) is 1. The van der Waals surface area contributed by atoms with Crippen molar-refractivity contribution in [1.29, 1.82) is 0 Å². The first-order valence-corrected chi connectivity index (χ1v) is 8.06. The molecule has 5 nitrogen and oxygen atoms in total. The maximum absolute atomic E-state index is 12.5. The molecule has 0 saturated carbocycles. The molecular weight excluding hydrogens is 276 g/mol. The zero-order chi connectivity index (χ0) is 14.6. The normalized spacial score (nSPS) is 16.9. The average Bonchev–Trinajstić information content (AvgIpc) is 2.99. The third-order valence-corrected chi connectivity index (χ3v) is 4.30. The fraction of sp³-hybridized carbons (Fsp3) is 0.357. The van der Waals surface area contributed by atoms with E-state index in [-0.39, 0.29) is 5.91 Å². The molecule has 0 spiro atoms. The van der Waals surface area contributed by atoms with E-state index in [1.807, 2.05) is 6.07 Å². The number of carbonyl (C=O) groups excluding carboxylic acids is 1. The minimum atomic E-state index is -3.68. The molecule has 1 unspecified atom stereocenters. The topological polar surface area (TPSA) is 66.5 Å². The highest BCUT2D eigenvalue weighted by Gasteiger charge is 2.30. The first kappa shape index (κ1) is 14.7. The third-order valence-electron chi connectivity index (χ3n) is 3.30. The number of hydrogen-bond donors (Lipinski definition) is 1. The van der Waals surface area contributed by atoms with Crippen LogP contribution in [-0.4, -0.2) is 32.3 Å². The molecule has 1 saturated heterocycles. The van der Waals surface area contributed by atoms with Gasteiger partial charge in [-0.3, -0.25) is 4.79 Å². The summed E-state index contributed by atoms with van der Waals surface area (Å²) < 4.78 is 25.8. The lowest BCUT2D eigenvalue weighted by Gasteiger charge is -2.23. The number of sulfonamides is 1. The number of amides is 1. The number of rotatable bonds is 5. The van der Waals surface area contributed by atoms with Gasteiger partial charge < -0.3 is 4.90 Å². The van der Waals surface area contributed by atoms with Crippen LogP contribution >= 0.6 is 0 Å². The lowest BCUT2D eigenvalue weighted by molar-refractivity contribution is -0.132. The highest BCUT2D eigenvalue weighted by Crippen LogP contribution is 2.20. The molecule has 6 heteroatoms. The molecule has 2 rings (SSSR count). The average molecular weight is 294 g/mol. The van der Waals surface area contributed by atoms with Gasteiger partial charge in [0.05, 0.1) is 0 Å². The Morgan fingerprint density at radius 2 is 1.85 bits per heavy atom. The van der Waals surface area contributed by atoms with Crippen LogP contribution in [0, 0.1) is 0 Å². The number of likely N-dealkylation sites (tertiary alicyclic amines) is 1. The van der Waals surface area contributed by atoms with Crippen LogP contribution in [0.2, 0.25) is 0 Å². The Bertz CT molecular complexity index is 578. The summed E-state index contributed by atoms with van der Waals surface area (Å²) in [6, 6.07) is 7.97. The van der Waals surface area contributed by atoms with Gasteiger partial charge in [0.25, 0.3) is 0 Å². The van der Waals surface area contributed by atoms with E-state index in [0.29, 0.717) is 18.7 Å². The Morgan fingerprint density at radius 3 is 2.40 bits per heavy atom. The molecule has 1 atom stereocenters. The molecule has 1 aliphatic rings. The molecule has 1 aliphatic heterocycles. The van der Waals surface area contributed by atoms with Crippen molar-refractivity contribution in [2.45, 2.75) is 18.9 Å². The minimum Gasteiger partial charge on any atom is -0.341 e. The van der Waals surface area contributed by atoms with Gasteiger partial charge >= 0.3 is 0 Å². The molecule has 1 fully saturated rings. The Morgan fingerprint density at radius 1 is 1.25 bits per heavy atom. The monoisotopic (exact) mass is 294 g/mol. The van der Waals surface area contributed by atoms with Gasteiger partial charge in [-0.15, -0.1) is 0 Å². The van der Waals surface area contributed by atoms with Gasteiger partial charge in [-0.05, 0) is 18.4 Å². The first-order valence-electron chi connectivity index (χ1n) is 6.52. The van der Waals surface area contributed by atoms with Crippen molar-refractivity contribution in [2.75, 3.05) is 13.1 Å².